The molecule has 0 aliphatic carbocycles. The molecule has 0 aliphatic rings. The molecule has 16 heteroatoms. The quantitative estimate of drug-likeness (QED) is 0.131. The average molecular weight is 504 g/mol. The lowest BCUT2D eigenvalue weighted by atomic mass is 10.5. The molecule has 0 atom stereocenters. The fraction of sp³-hybridized carbons (Fsp3) is 0.867. The van der Waals surface area contributed by atoms with Gasteiger partial charge in [0.1, 0.15) is 0 Å². The van der Waals surface area contributed by atoms with Gasteiger partial charge in [0.25, 0.3) is 0 Å². The molecule has 184 valence electrons. The summed E-state index contributed by atoms with van der Waals surface area (Å²) in [5.41, 5.74) is -9.24. The Kier molecular flexibility index (Phi) is 12.4. The zero-order valence-corrected chi connectivity index (χ0v) is 19.2. The molecule has 0 aromatic heterocycles. The molecule has 31 heavy (non-hydrogen) atoms. The summed E-state index contributed by atoms with van der Waals surface area (Å²) in [4.78, 5) is 23.2. The van der Waals surface area contributed by atoms with E-state index >= 15 is 0 Å². The van der Waals surface area contributed by atoms with Gasteiger partial charge < -0.3 is 27.6 Å². The lowest BCUT2D eigenvalue weighted by Crippen LogP contribution is -2.34. The summed E-state index contributed by atoms with van der Waals surface area (Å²) in [5, 5.41) is 0. The van der Waals surface area contributed by atoms with Crippen LogP contribution in [0.2, 0.25) is 0 Å². The van der Waals surface area contributed by atoms with E-state index in [0.717, 1.165) is 0 Å². The van der Waals surface area contributed by atoms with Gasteiger partial charge in [-0.3, -0.25) is 9.13 Å². The predicted molar refractivity (Wildman–Crippen MR) is 98.1 cm³/mol. The van der Waals surface area contributed by atoms with Gasteiger partial charge in [-0.05, 0) is 27.7 Å². The van der Waals surface area contributed by atoms with Crippen LogP contribution in [0.3, 0.4) is 0 Å². The van der Waals surface area contributed by atoms with Crippen LogP contribution >= 0.6 is 15.2 Å². The molecule has 0 heterocycles. The number of hydrogen-bond acceptors (Lipinski definition) is 10. The van der Waals surface area contributed by atoms with Crippen LogP contribution in [0, 0.1) is 0 Å². The molecule has 0 saturated heterocycles. The van der Waals surface area contributed by atoms with Gasteiger partial charge in [-0.2, -0.15) is 17.6 Å². The molecule has 0 bridgehead atoms. The average Bonchev–Trinajstić information content (AvgIpc) is 2.67. The second-order valence-electron chi connectivity index (χ2n) is 5.37. The SMILES string of the molecule is CCOP(=O)(OCC)C(F)(F)C(=O)OCCCOC(=O)C(F)(F)P(=O)(OCC)OCC. The number of esters is 2. The zero-order valence-electron chi connectivity index (χ0n) is 17.4. The van der Waals surface area contributed by atoms with E-state index in [2.05, 4.69) is 27.6 Å². The molecule has 0 aromatic carbocycles. The van der Waals surface area contributed by atoms with Gasteiger partial charge >= 0.3 is 38.5 Å². The summed E-state index contributed by atoms with van der Waals surface area (Å²) < 4.78 is 107. The fourth-order valence-corrected chi connectivity index (χ4v) is 4.60. The van der Waals surface area contributed by atoms with E-state index in [4.69, 9.17) is 0 Å². The lowest BCUT2D eigenvalue weighted by molar-refractivity contribution is -0.166. The van der Waals surface area contributed by atoms with Gasteiger partial charge in [-0.25, -0.2) is 9.59 Å². The van der Waals surface area contributed by atoms with Crippen molar-refractivity contribution in [3.8, 4) is 0 Å². The maximum absolute atomic E-state index is 14.1. The Balaban J connectivity index is 4.81. The minimum atomic E-state index is -5.16. The first-order valence-corrected chi connectivity index (χ1v) is 12.3. The Morgan fingerprint density at radius 2 is 0.903 bits per heavy atom. The number of ether oxygens (including phenoxy) is 2. The molecule has 0 aliphatic heterocycles. The monoisotopic (exact) mass is 504 g/mol. The fourth-order valence-electron chi connectivity index (χ4n) is 1.86. The Morgan fingerprint density at radius 3 is 1.13 bits per heavy atom. The topological polar surface area (TPSA) is 124 Å². The van der Waals surface area contributed by atoms with Crippen molar-refractivity contribution in [2.75, 3.05) is 39.6 Å². The summed E-state index contributed by atoms with van der Waals surface area (Å²) in [6.07, 6.45) is -0.481. The maximum Gasteiger partial charge on any atom is 0.440 e. The Labute approximate surface area is 176 Å². The van der Waals surface area contributed by atoms with Crippen LogP contribution in [0.25, 0.3) is 0 Å². The van der Waals surface area contributed by atoms with E-state index in [1.807, 2.05) is 0 Å². The van der Waals surface area contributed by atoms with Gasteiger partial charge in [0.2, 0.25) is 0 Å². The predicted octanol–water partition coefficient (Wildman–Crippen LogP) is 4.18. The van der Waals surface area contributed by atoms with Gasteiger partial charge in [0.05, 0.1) is 39.6 Å². The first-order chi connectivity index (χ1) is 14.3. The van der Waals surface area contributed by atoms with Gasteiger partial charge in [-0.15, -0.1) is 0 Å². The minimum Gasteiger partial charge on any atom is -0.461 e. The normalized spacial score (nSPS) is 13.2. The highest BCUT2D eigenvalue weighted by Crippen LogP contribution is 2.63. The smallest absolute Gasteiger partial charge is 0.440 e. The van der Waals surface area contributed by atoms with Crippen LogP contribution in [0.5, 0.6) is 0 Å². The number of hydrogen-bond donors (Lipinski definition) is 0. The van der Waals surface area contributed by atoms with E-state index < -0.39 is 84.5 Å². The van der Waals surface area contributed by atoms with Crippen molar-refractivity contribution in [3.63, 3.8) is 0 Å². The third-order valence-electron chi connectivity index (χ3n) is 3.13. The second-order valence-corrected chi connectivity index (χ2v) is 9.52. The molecule has 10 nitrogen and oxygen atoms in total. The third kappa shape index (κ3) is 7.50. The molecule has 0 radical (unpaired) electrons. The minimum absolute atomic E-state index is 0.433. The van der Waals surface area contributed by atoms with Crippen LogP contribution in [0.15, 0.2) is 0 Å². The summed E-state index contributed by atoms with van der Waals surface area (Å²) in [6, 6.07) is 0. The van der Waals surface area contributed by atoms with Crippen molar-refractivity contribution in [1.82, 2.24) is 0 Å². The highest BCUT2D eigenvalue weighted by molar-refractivity contribution is 7.56. The maximum atomic E-state index is 14.1. The van der Waals surface area contributed by atoms with Crippen molar-refractivity contribution in [2.24, 2.45) is 0 Å². The second kappa shape index (κ2) is 12.9. The third-order valence-corrected chi connectivity index (χ3v) is 7.26. The van der Waals surface area contributed by atoms with Gasteiger partial charge in [-0.1, -0.05) is 0 Å². The van der Waals surface area contributed by atoms with Crippen molar-refractivity contribution >= 4 is 27.1 Å². The molecular weight excluding hydrogens is 478 g/mol. The highest BCUT2D eigenvalue weighted by Gasteiger charge is 2.62. The number of halogens is 4. The molecule has 0 aromatic rings. The van der Waals surface area contributed by atoms with Crippen LogP contribution in [0.1, 0.15) is 34.1 Å². The number of carbonyl (C=O) groups excluding carboxylic acids is 2. The van der Waals surface area contributed by atoms with E-state index in [0.29, 0.717) is 0 Å². The van der Waals surface area contributed by atoms with E-state index in [1.54, 1.807) is 0 Å². The van der Waals surface area contributed by atoms with Crippen molar-refractivity contribution in [3.05, 3.63) is 0 Å². The molecule has 0 N–H and O–H groups in total. The van der Waals surface area contributed by atoms with E-state index in [9.17, 15) is 36.3 Å². The summed E-state index contributed by atoms with van der Waals surface area (Å²) in [5.74, 6) is -4.46. The molecular formula is C15H26F4O10P2. The van der Waals surface area contributed by atoms with Crippen molar-refractivity contribution in [1.29, 1.82) is 0 Å². The van der Waals surface area contributed by atoms with Gasteiger partial charge in [0.15, 0.2) is 0 Å². The van der Waals surface area contributed by atoms with Crippen LogP contribution in [-0.4, -0.2) is 62.9 Å². The first-order valence-electron chi connectivity index (χ1n) is 9.18. The largest absolute Gasteiger partial charge is 0.461 e. The summed E-state index contributed by atoms with van der Waals surface area (Å²) in [7, 11) is -10.3. The number of carbonyl (C=O) groups is 2. The number of alkyl halides is 4. The van der Waals surface area contributed by atoms with Crippen LogP contribution < -0.4 is 0 Å². The van der Waals surface area contributed by atoms with Crippen molar-refractivity contribution in [2.45, 2.75) is 45.4 Å². The van der Waals surface area contributed by atoms with E-state index in [-0.39, 0.29) is 0 Å². The molecule has 0 rings (SSSR count). The number of rotatable bonds is 16. The molecule has 0 unspecified atom stereocenters. The van der Waals surface area contributed by atoms with Crippen LogP contribution in [-0.2, 0) is 46.3 Å². The lowest BCUT2D eigenvalue weighted by Gasteiger charge is -2.24. The Bertz CT molecular complexity index is 613. The van der Waals surface area contributed by atoms with Gasteiger partial charge in [0, 0.05) is 6.42 Å². The first kappa shape index (κ1) is 30.0. The molecule has 0 amide bonds. The molecule has 0 fully saturated rings. The highest BCUT2D eigenvalue weighted by atomic mass is 31.2. The Hall–Kier alpha value is -1.04. The molecule has 0 spiro atoms. The summed E-state index contributed by atoms with van der Waals surface area (Å²) in [6.45, 7) is 1.69. The zero-order chi connectivity index (χ0) is 24.3. The standard InChI is InChI=1S/C15H26F4O10P2/c1-5-26-30(22,27-6-2)14(16,17)12(20)24-10-9-11-25-13(21)15(18,19)31(23,28-7-3)29-8-4/h5-11H2,1-4H3. The van der Waals surface area contributed by atoms with E-state index in [1.165, 1.54) is 27.7 Å². The van der Waals surface area contributed by atoms with Crippen LogP contribution in [0.4, 0.5) is 17.6 Å². The summed E-state index contributed by atoms with van der Waals surface area (Å²) >= 11 is 0. The molecule has 0 saturated carbocycles. The van der Waals surface area contributed by atoms with Crippen molar-refractivity contribution < 1.29 is 63.8 Å². The Morgan fingerprint density at radius 1 is 0.645 bits per heavy atom.